The van der Waals surface area contributed by atoms with E-state index in [0.717, 1.165) is 19.3 Å². The molecule has 0 bridgehead atoms. The first-order valence-electron chi connectivity index (χ1n) is 6.26. The zero-order chi connectivity index (χ0) is 12.0. The van der Waals surface area contributed by atoms with E-state index in [1.165, 1.54) is 19.3 Å². The quantitative estimate of drug-likeness (QED) is 0.790. The van der Waals surface area contributed by atoms with Gasteiger partial charge in [0.05, 0.1) is 11.4 Å². The van der Waals surface area contributed by atoms with Crippen LogP contribution in [-0.4, -0.2) is 39.9 Å². The van der Waals surface area contributed by atoms with E-state index in [1.807, 2.05) is 11.8 Å². The topological polar surface area (TPSA) is 40.5 Å². The fourth-order valence-corrected chi connectivity index (χ4v) is 2.59. The first-order chi connectivity index (χ1) is 7.70. The molecule has 4 heteroatoms. The highest BCUT2D eigenvalue weighted by molar-refractivity contribution is 9.10. The Bertz CT molecular complexity index is 217. The summed E-state index contributed by atoms with van der Waals surface area (Å²) in [6.45, 7) is 2.53. The third-order valence-corrected chi connectivity index (χ3v) is 4.30. The number of rotatable bonds is 5. The fourth-order valence-electron chi connectivity index (χ4n) is 2.33. The van der Waals surface area contributed by atoms with Crippen molar-refractivity contribution in [2.24, 2.45) is 0 Å². The second kappa shape index (κ2) is 7.28. The van der Waals surface area contributed by atoms with Crippen LogP contribution in [0.5, 0.6) is 0 Å². The van der Waals surface area contributed by atoms with Gasteiger partial charge >= 0.3 is 0 Å². The number of aliphatic hydroxyl groups excluding tert-OH is 1. The molecule has 0 radical (unpaired) electrons. The molecule has 1 N–H and O–H groups in total. The second-order valence-corrected chi connectivity index (χ2v) is 5.53. The van der Waals surface area contributed by atoms with Gasteiger partial charge in [-0.3, -0.25) is 4.79 Å². The van der Waals surface area contributed by atoms with Crippen LogP contribution in [0.2, 0.25) is 0 Å². The molecular formula is C12H22BrNO2. The predicted molar refractivity (Wildman–Crippen MR) is 68.7 cm³/mol. The van der Waals surface area contributed by atoms with E-state index in [4.69, 9.17) is 5.11 Å². The molecule has 0 saturated heterocycles. The summed E-state index contributed by atoms with van der Waals surface area (Å²) in [6, 6.07) is 0.347. The third kappa shape index (κ3) is 3.74. The van der Waals surface area contributed by atoms with Crippen molar-refractivity contribution in [2.75, 3.05) is 13.2 Å². The monoisotopic (exact) mass is 291 g/mol. The fraction of sp³-hybridized carbons (Fsp3) is 0.917. The van der Waals surface area contributed by atoms with Gasteiger partial charge in [0, 0.05) is 12.6 Å². The molecular weight excluding hydrogens is 270 g/mol. The number of alkyl halides is 1. The molecule has 94 valence electrons. The number of carbonyl (C=O) groups excluding carboxylic acids is 1. The Balaban J connectivity index is 2.60. The summed E-state index contributed by atoms with van der Waals surface area (Å²) in [5.41, 5.74) is 0. The van der Waals surface area contributed by atoms with E-state index in [2.05, 4.69) is 15.9 Å². The first kappa shape index (κ1) is 14.0. The number of hydrogen-bond acceptors (Lipinski definition) is 2. The van der Waals surface area contributed by atoms with E-state index in [9.17, 15) is 4.79 Å². The molecule has 1 fully saturated rings. The Morgan fingerprint density at radius 1 is 1.44 bits per heavy atom. The van der Waals surface area contributed by atoms with Crippen LogP contribution in [0, 0.1) is 0 Å². The normalized spacial score (nSPS) is 19.4. The molecule has 1 aliphatic rings. The van der Waals surface area contributed by atoms with Gasteiger partial charge in [0.25, 0.3) is 0 Å². The molecule has 0 aromatic carbocycles. The molecule has 0 aliphatic heterocycles. The zero-order valence-electron chi connectivity index (χ0n) is 9.99. The SMILES string of the molecule is CCC(Br)C(=O)N(CCO)C1CCCCC1. The lowest BCUT2D eigenvalue weighted by atomic mass is 9.94. The van der Waals surface area contributed by atoms with Gasteiger partial charge in [-0.1, -0.05) is 42.1 Å². The number of amides is 1. The molecule has 1 aliphatic carbocycles. The average molecular weight is 292 g/mol. The molecule has 1 amide bonds. The van der Waals surface area contributed by atoms with Gasteiger partial charge in [-0.2, -0.15) is 0 Å². The van der Waals surface area contributed by atoms with E-state index < -0.39 is 0 Å². The Morgan fingerprint density at radius 2 is 2.06 bits per heavy atom. The molecule has 0 heterocycles. The van der Waals surface area contributed by atoms with Crippen molar-refractivity contribution in [3.63, 3.8) is 0 Å². The van der Waals surface area contributed by atoms with Crippen molar-refractivity contribution in [3.05, 3.63) is 0 Å². The summed E-state index contributed by atoms with van der Waals surface area (Å²) in [5, 5.41) is 9.06. The lowest BCUT2D eigenvalue weighted by Gasteiger charge is -2.35. The maximum atomic E-state index is 12.1. The van der Waals surface area contributed by atoms with Gasteiger partial charge in [-0.05, 0) is 19.3 Å². The van der Waals surface area contributed by atoms with Crippen LogP contribution in [0.15, 0.2) is 0 Å². The highest BCUT2D eigenvalue weighted by atomic mass is 79.9. The molecule has 1 atom stereocenters. The van der Waals surface area contributed by atoms with Crippen LogP contribution in [0.25, 0.3) is 0 Å². The van der Waals surface area contributed by atoms with Gasteiger partial charge in [0.2, 0.25) is 5.91 Å². The van der Waals surface area contributed by atoms with Crippen molar-refractivity contribution < 1.29 is 9.90 Å². The Hall–Kier alpha value is -0.0900. The zero-order valence-corrected chi connectivity index (χ0v) is 11.6. The Labute approximate surface area is 106 Å². The minimum atomic E-state index is -0.0963. The summed E-state index contributed by atoms with van der Waals surface area (Å²) in [6.07, 6.45) is 6.68. The van der Waals surface area contributed by atoms with Crippen molar-refractivity contribution in [3.8, 4) is 0 Å². The summed E-state index contributed by atoms with van der Waals surface area (Å²) >= 11 is 3.41. The number of aliphatic hydroxyl groups is 1. The minimum absolute atomic E-state index is 0.0612. The van der Waals surface area contributed by atoms with E-state index >= 15 is 0 Å². The van der Waals surface area contributed by atoms with Crippen molar-refractivity contribution in [2.45, 2.75) is 56.3 Å². The maximum absolute atomic E-state index is 12.1. The predicted octanol–water partition coefficient (Wildman–Crippen LogP) is 2.31. The molecule has 0 aromatic heterocycles. The summed E-state index contributed by atoms with van der Waals surface area (Å²) in [5.74, 6) is 0.142. The molecule has 0 aromatic rings. The molecule has 0 spiro atoms. The van der Waals surface area contributed by atoms with Crippen LogP contribution in [-0.2, 0) is 4.79 Å². The Kier molecular flexibility index (Phi) is 6.36. The molecule has 1 rings (SSSR count). The summed E-state index contributed by atoms with van der Waals surface area (Å²) < 4.78 is 0. The largest absolute Gasteiger partial charge is 0.395 e. The minimum Gasteiger partial charge on any atom is -0.395 e. The van der Waals surface area contributed by atoms with E-state index in [0.29, 0.717) is 12.6 Å². The van der Waals surface area contributed by atoms with Gasteiger partial charge < -0.3 is 10.0 Å². The van der Waals surface area contributed by atoms with Crippen molar-refractivity contribution in [1.82, 2.24) is 4.90 Å². The summed E-state index contributed by atoms with van der Waals surface area (Å²) in [7, 11) is 0. The van der Waals surface area contributed by atoms with Gasteiger partial charge in [-0.25, -0.2) is 0 Å². The van der Waals surface area contributed by atoms with Crippen LogP contribution < -0.4 is 0 Å². The maximum Gasteiger partial charge on any atom is 0.236 e. The average Bonchev–Trinajstić information content (AvgIpc) is 2.35. The van der Waals surface area contributed by atoms with E-state index in [-0.39, 0.29) is 17.3 Å². The Morgan fingerprint density at radius 3 is 2.56 bits per heavy atom. The molecule has 16 heavy (non-hydrogen) atoms. The van der Waals surface area contributed by atoms with Crippen LogP contribution in [0.1, 0.15) is 45.4 Å². The lowest BCUT2D eigenvalue weighted by Crippen LogP contribution is -2.46. The lowest BCUT2D eigenvalue weighted by molar-refractivity contribution is -0.134. The summed E-state index contributed by atoms with van der Waals surface area (Å²) in [4.78, 5) is 13.9. The van der Waals surface area contributed by atoms with Gasteiger partial charge in [0.1, 0.15) is 0 Å². The van der Waals surface area contributed by atoms with Crippen molar-refractivity contribution in [1.29, 1.82) is 0 Å². The molecule has 1 unspecified atom stereocenters. The standard InChI is InChI=1S/C12H22BrNO2/c1-2-11(13)12(16)14(8-9-15)10-6-4-3-5-7-10/h10-11,15H,2-9H2,1H3. The van der Waals surface area contributed by atoms with Crippen LogP contribution >= 0.6 is 15.9 Å². The highest BCUT2D eigenvalue weighted by Crippen LogP contribution is 2.24. The third-order valence-electron chi connectivity index (χ3n) is 3.27. The smallest absolute Gasteiger partial charge is 0.236 e. The second-order valence-electron chi connectivity index (χ2n) is 4.42. The van der Waals surface area contributed by atoms with Crippen molar-refractivity contribution >= 4 is 21.8 Å². The number of nitrogens with zero attached hydrogens (tertiary/aromatic N) is 1. The van der Waals surface area contributed by atoms with Crippen LogP contribution in [0.4, 0.5) is 0 Å². The number of halogens is 1. The number of carbonyl (C=O) groups is 1. The van der Waals surface area contributed by atoms with Crippen LogP contribution in [0.3, 0.4) is 0 Å². The van der Waals surface area contributed by atoms with Gasteiger partial charge in [-0.15, -0.1) is 0 Å². The highest BCUT2D eigenvalue weighted by Gasteiger charge is 2.27. The van der Waals surface area contributed by atoms with Gasteiger partial charge in [0.15, 0.2) is 0 Å². The first-order valence-corrected chi connectivity index (χ1v) is 7.17. The van der Waals surface area contributed by atoms with E-state index in [1.54, 1.807) is 0 Å². The molecule has 3 nitrogen and oxygen atoms in total. The number of hydrogen-bond donors (Lipinski definition) is 1. The molecule has 1 saturated carbocycles.